The SMILES string of the molecule is CC(CCc1ccc(OC(C)C)cc1)NC(=O)Cc1ccc(N)cc1.Cl. The minimum absolute atomic E-state index is 0. The molecular formula is C21H29ClN2O2. The maximum atomic E-state index is 12.1. The summed E-state index contributed by atoms with van der Waals surface area (Å²) in [6, 6.07) is 15.7. The van der Waals surface area contributed by atoms with Gasteiger partial charge >= 0.3 is 0 Å². The molecule has 1 unspecified atom stereocenters. The molecule has 0 saturated carbocycles. The fraction of sp³-hybridized carbons (Fsp3) is 0.381. The van der Waals surface area contributed by atoms with Gasteiger partial charge in [-0.15, -0.1) is 12.4 Å². The molecule has 1 amide bonds. The number of hydrogen-bond acceptors (Lipinski definition) is 3. The fourth-order valence-corrected chi connectivity index (χ4v) is 2.61. The van der Waals surface area contributed by atoms with E-state index in [0.717, 1.165) is 24.2 Å². The zero-order valence-corrected chi connectivity index (χ0v) is 16.5. The van der Waals surface area contributed by atoms with Crippen LogP contribution >= 0.6 is 12.4 Å². The van der Waals surface area contributed by atoms with Gasteiger partial charge in [-0.1, -0.05) is 24.3 Å². The first-order chi connectivity index (χ1) is 11.9. The highest BCUT2D eigenvalue weighted by Crippen LogP contribution is 2.15. The first kappa shape index (κ1) is 21.8. The van der Waals surface area contributed by atoms with Crippen molar-refractivity contribution >= 4 is 24.0 Å². The summed E-state index contributed by atoms with van der Waals surface area (Å²) in [5.41, 5.74) is 8.59. The van der Waals surface area contributed by atoms with Crippen molar-refractivity contribution in [1.82, 2.24) is 5.32 Å². The largest absolute Gasteiger partial charge is 0.491 e. The summed E-state index contributed by atoms with van der Waals surface area (Å²) >= 11 is 0. The number of ether oxygens (including phenoxy) is 1. The number of carbonyl (C=O) groups is 1. The van der Waals surface area contributed by atoms with Crippen molar-refractivity contribution in [3.8, 4) is 5.75 Å². The van der Waals surface area contributed by atoms with E-state index in [1.54, 1.807) is 0 Å². The van der Waals surface area contributed by atoms with Crippen LogP contribution in [0, 0.1) is 0 Å². The second kappa shape index (κ2) is 10.7. The first-order valence-electron chi connectivity index (χ1n) is 8.81. The third-order valence-corrected chi connectivity index (χ3v) is 3.91. The number of anilines is 1. The van der Waals surface area contributed by atoms with Crippen LogP contribution in [0.3, 0.4) is 0 Å². The molecule has 0 aromatic heterocycles. The number of benzene rings is 2. The van der Waals surface area contributed by atoms with Crippen LogP contribution in [0.2, 0.25) is 0 Å². The number of aryl methyl sites for hydroxylation is 1. The number of halogens is 1. The van der Waals surface area contributed by atoms with E-state index in [2.05, 4.69) is 17.4 Å². The third kappa shape index (κ3) is 7.79. The molecule has 2 rings (SSSR count). The number of nitrogens with one attached hydrogen (secondary N) is 1. The standard InChI is InChI=1S/C21H28N2O2.ClH/c1-15(2)25-20-12-8-17(9-13-20)5-4-16(3)23-21(24)14-18-6-10-19(22)11-7-18;/h6-13,15-16H,4-5,14,22H2,1-3H3,(H,23,24);1H. The van der Waals surface area contributed by atoms with E-state index in [1.165, 1.54) is 5.56 Å². The number of carbonyl (C=O) groups excluding carboxylic acids is 1. The number of rotatable bonds is 8. The first-order valence-corrected chi connectivity index (χ1v) is 8.81. The molecule has 0 saturated heterocycles. The van der Waals surface area contributed by atoms with Crippen LogP contribution in [0.5, 0.6) is 5.75 Å². The van der Waals surface area contributed by atoms with E-state index in [9.17, 15) is 4.79 Å². The van der Waals surface area contributed by atoms with Crippen LogP contribution in [0.1, 0.15) is 38.3 Å². The normalized spacial score (nSPS) is 11.5. The quantitative estimate of drug-likeness (QED) is 0.680. The Bertz CT molecular complexity index is 669. The number of amides is 1. The molecule has 1 atom stereocenters. The molecule has 2 aromatic carbocycles. The Morgan fingerprint density at radius 3 is 2.15 bits per heavy atom. The van der Waals surface area contributed by atoms with Crippen LogP contribution in [0.15, 0.2) is 48.5 Å². The van der Waals surface area contributed by atoms with Gasteiger partial charge in [-0.25, -0.2) is 0 Å². The number of nitrogens with two attached hydrogens (primary N) is 1. The minimum atomic E-state index is 0. The van der Waals surface area contributed by atoms with Crippen molar-refractivity contribution in [1.29, 1.82) is 0 Å². The van der Waals surface area contributed by atoms with Gasteiger partial charge in [0.15, 0.2) is 0 Å². The number of hydrogen-bond donors (Lipinski definition) is 2. The molecule has 0 aliphatic heterocycles. The van der Waals surface area contributed by atoms with Gasteiger partial charge in [-0.05, 0) is 69.0 Å². The summed E-state index contributed by atoms with van der Waals surface area (Å²) in [5, 5.41) is 3.06. The highest BCUT2D eigenvalue weighted by Gasteiger charge is 2.09. The van der Waals surface area contributed by atoms with Crippen molar-refractivity contribution < 1.29 is 9.53 Å². The van der Waals surface area contributed by atoms with E-state index in [0.29, 0.717) is 12.1 Å². The second-order valence-corrected chi connectivity index (χ2v) is 6.74. The Morgan fingerprint density at radius 2 is 1.58 bits per heavy atom. The zero-order chi connectivity index (χ0) is 18.2. The predicted octanol–water partition coefficient (Wildman–Crippen LogP) is 4.16. The lowest BCUT2D eigenvalue weighted by Crippen LogP contribution is -2.34. The molecular weight excluding hydrogens is 348 g/mol. The Morgan fingerprint density at radius 1 is 1.00 bits per heavy atom. The maximum Gasteiger partial charge on any atom is 0.224 e. The Kier molecular flexibility index (Phi) is 9.00. The Hall–Kier alpha value is -2.20. The van der Waals surface area contributed by atoms with Gasteiger partial charge < -0.3 is 15.8 Å². The molecule has 4 nitrogen and oxygen atoms in total. The van der Waals surface area contributed by atoms with Gasteiger partial charge in [0, 0.05) is 11.7 Å². The molecule has 0 aliphatic rings. The molecule has 0 spiro atoms. The highest BCUT2D eigenvalue weighted by atomic mass is 35.5. The molecule has 0 fully saturated rings. The van der Waals surface area contributed by atoms with Crippen molar-refractivity contribution in [3.05, 3.63) is 59.7 Å². The lowest BCUT2D eigenvalue weighted by Gasteiger charge is -2.14. The van der Waals surface area contributed by atoms with Crippen molar-refractivity contribution in [3.63, 3.8) is 0 Å². The molecule has 0 bridgehead atoms. The van der Waals surface area contributed by atoms with Gasteiger partial charge in [0.1, 0.15) is 5.75 Å². The van der Waals surface area contributed by atoms with Gasteiger partial charge in [0.05, 0.1) is 12.5 Å². The highest BCUT2D eigenvalue weighted by molar-refractivity contribution is 5.85. The van der Waals surface area contributed by atoms with Crippen LogP contribution < -0.4 is 15.8 Å². The van der Waals surface area contributed by atoms with Crippen molar-refractivity contribution in [2.45, 2.75) is 52.2 Å². The van der Waals surface area contributed by atoms with Crippen LogP contribution in [0.4, 0.5) is 5.69 Å². The molecule has 2 aromatic rings. The summed E-state index contributed by atoms with van der Waals surface area (Å²) in [6.07, 6.45) is 2.39. The van der Waals surface area contributed by atoms with E-state index >= 15 is 0 Å². The molecule has 142 valence electrons. The van der Waals surface area contributed by atoms with Crippen LogP contribution in [0.25, 0.3) is 0 Å². The zero-order valence-electron chi connectivity index (χ0n) is 15.7. The van der Waals surface area contributed by atoms with Gasteiger partial charge in [0.25, 0.3) is 0 Å². The molecule has 0 radical (unpaired) electrons. The monoisotopic (exact) mass is 376 g/mol. The van der Waals surface area contributed by atoms with E-state index in [-0.39, 0.29) is 30.5 Å². The predicted molar refractivity (Wildman–Crippen MR) is 110 cm³/mol. The van der Waals surface area contributed by atoms with E-state index in [1.807, 2.05) is 57.2 Å². The summed E-state index contributed by atoms with van der Waals surface area (Å²) in [4.78, 5) is 12.1. The molecule has 26 heavy (non-hydrogen) atoms. The van der Waals surface area contributed by atoms with E-state index in [4.69, 9.17) is 10.5 Å². The average molecular weight is 377 g/mol. The van der Waals surface area contributed by atoms with Crippen molar-refractivity contribution in [2.24, 2.45) is 0 Å². The Labute approximate surface area is 162 Å². The number of nitrogen functional groups attached to an aromatic ring is 1. The average Bonchev–Trinajstić information content (AvgIpc) is 2.56. The smallest absolute Gasteiger partial charge is 0.224 e. The summed E-state index contributed by atoms with van der Waals surface area (Å²) in [7, 11) is 0. The summed E-state index contributed by atoms with van der Waals surface area (Å²) < 4.78 is 5.65. The Balaban J connectivity index is 0.00000338. The molecule has 0 aliphatic carbocycles. The topological polar surface area (TPSA) is 64.3 Å². The molecule has 0 heterocycles. The van der Waals surface area contributed by atoms with Gasteiger partial charge in [-0.2, -0.15) is 0 Å². The second-order valence-electron chi connectivity index (χ2n) is 6.74. The van der Waals surface area contributed by atoms with Crippen LogP contribution in [-0.4, -0.2) is 18.1 Å². The van der Waals surface area contributed by atoms with Gasteiger partial charge in [-0.3, -0.25) is 4.79 Å². The third-order valence-electron chi connectivity index (χ3n) is 3.91. The fourth-order valence-electron chi connectivity index (χ4n) is 2.61. The van der Waals surface area contributed by atoms with Gasteiger partial charge in [0.2, 0.25) is 5.91 Å². The lowest BCUT2D eigenvalue weighted by atomic mass is 10.1. The summed E-state index contributed by atoms with van der Waals surface area (Å²) in [6.45, 7) is 6.07. The minimum Gasteiger partial charge on any atom is -0.491 e. The van der Waals surface area contributed by atoms with E-state index < -0.39 is 0 Å². The molecule has 5 heteroatoms. The summed E-state index contributed by atoms with van der Waals surface area (Å²) in [5.74, 6) is 0.932. The maximum absolute atomic E-state index is 12.1. The molecule has 3 N–H and O–H groups in total. The lowest BCUT2D eigenvalue weighted by molar-refractivity contribution is -0.121. The van der Waals surface area contributed by atoms with Crippen molar-refractivity contribution in [2.75, 3.05) is 5.73 Å². The van der Waals surface area contributed by atoms with Crippen LogP contribution in [-0.2, 0) is 17.6 Å².